The fourth-order valence-corrected chi connectivity index (χ4v) is 2.74. The van der Waals surface area contributed by atoms with E-state index in [4.69, 9.17) is 0 Å². The minimum atomic E-state index is -0.848. The van der Waals surface area contributed by atoms with Crippen LogP contribution in [0, 0.1) is 5.41 Å². The van der Waals surface area contributed by atoms with Crippen LogP contribution in [0.2, 0.25) is 0 Å². The van der Waals surface area contributed by atoms with E-state index in [0.717, 1.165) is 0 Å². The van der Waals surface area contributed by atoms with E-state index < -0.39 is 11.4 Å². The number of carbonyl (C=O) groups is 2. The van der Waals surface area contributed by atoms with Crippen molar-refractivity contribution in [1.82, 2.24) is 9.88 Å². The van der Waals surface area contributed by atoms with Gasteiger partial charge in [0, 0.05) is 19.3 Å². The Kier molecular flexibility index (Phi) is 3.80. The molecule has 1 unspecified atom stereocenters. The van der Waals surface area contributed by atoms with E-state index in [1.54, 1.807) is 30.2 Å². The first-order valence-corrected chi connectivity index (χ1v) is 7.22. The Balaban J connectivity index is 2.20. The number of aromatic nitrogens is 1. The maximum Gasteiger partial charge on any atom is 0.311 e. The summed E-state index contributed by atoms with van der Waals surface area (Å²) in [6.45, 7) is 2.41. The van der Waals surface area contributed by atoms with Crippen LogP contribution in [0.25, 0.3) is 0 Å². The minimum Gasteiger partial charge on any atom is -0.481 e. The average Bonchev–Trinajstić information content (AvgIpc) is 2.82. The molecule has 0 aliphatic carbocycles. The normalized spacial score (nSPS) is 22.5. The van der Waals surface area contributed by atoms with E-state index in [-0.39, 0.29) is 12.5 Å². The highest BCUT2D eigenvalue weighted by Gasteiger charge is 2.42. The Morgan fingerprint density at radius 2 is 2.26 bits per heavy atom. The number of thioether (sulfide) groups is 1. The Morgan fingerprint density at radius 3 is 2.84 bits per heavy atom. The number of hydrogen-bond acceptors (Lipinski definition) is 4. The van der Waals surface area contributed by atoms with E-state index in [0.29, 0.717) is 23.6 Å². The zero-order chi connectivity index (χ0) is 14.0. The van der Waals surface area contributed by atoms with Gasteiger partial charge in [-0.1, -0.05) is 0 Å². The van der Waals surface area contributed by atoms with Gasteiger partial charge in [-0.15, -0.1) is 11.8 Å². The molecule has 0 spiro atoms. The third-order valence-electron chi connectivity index (χ3n) is 3.47. The zero-order valence-electron chi connectivity index (χ0n) is 10.9. The molecule has 0 bridgehead atoms. The SMILES string of the molecule is CSc1ncccc1C(=O)N1CCC(C)(C(=O)O)C1. The molecule has 1 atom stereocenters. The number of pyridine rings is 1. The second kappa shape index (κ2) is 5.21. The molecule has 1 aromatic heterocycles. The molecular weight excluding hydrogens is 264 g/mol. The van der Waals surface area contributed by atoms with Crippen molar-refractivity contribution >= 4 is 23.6 Å². The van der Waals surface area contributed by atoms with Crippen LogP contribution in [0.5, 0.6) is 0 Å². The average molecular weight is 280 g/mol. The molecule has 1 amide bonds. The number of amides is 1. The van der Waals surface area contributed by atoms with Crippen LogP contribution in [0.4, 0.5) is 0 Å². The van der Waals surface area contributed by atoms with Crippen molar-refractivity contribution < 1.29 is 14.7 Å². The smallest absolute Gasteiger partial charge is 0.311 e. The molecule has 0 saturated carbocycles. The van der Waals surface area contributed by atoms with Crippen molar-refractivity contribution in [2.24, 2.45) is 5.41 Å². The van der Waals surface area contributed by atoms with Crippen molar-refractivity contribution in [2.45, 2.75) is 18.4 Å². The lowest BCUT2D eigenvalue weighted by Crippen LogP contribution is -2.35. The van der Waals surface area contributed by atoms with Crippen molar-refractivity contribution in [1.29, 1.82) is 0 Å². The number of likely N-dealkylation sites (tertiary alicyclic amines) is 1. The first-order valence-electron chi connectivity index (χ1n) is 5.99. The monoisotopic (exact) mass is 280 g/mol. The quantitative estimate of drug-likeness (QED) is 0.854. The summed E-state index contributed by atoms with van der Waals surface area (Å²) >= 11 is 1.41. The van der Waals surface area contributed by atoms with Gasteiger partial charge >= 0.3 is 5.97 Å². The summed E-state index contributed by atoms with van der Waals surface area (Å²) in [7, 11) is 0. The van der Waals surface area contributed by atoms with Gasteiger partial charge in [0.05, 0.1) is 11.0 Å². The van der Waals surface area contributed by atoms with Crippen LogP contribution in [-0.2, 0) is 4.79 Å². The predicted molar refractivity (Wildman–Crippen MR) is 72.3 cm³/mol. The fraction of sp³-hybridized carbons (Fsp3) is 0.462. The first kappa shape index (κ1) is 13.9. The molecule has 5 nitrogen and oxygen atoms in total. The van der Waals surface area contributed by atoms with Gasteiger partial charge in [-0.05, 0) is 31.7 Å². The van der Waals surface area contributed by atoms with Gasteiger partial charge in [0.15, 0.2) is 0 Å². The van der Waals surface area contributed by atoms with Crippen LogP contribution < -0.4 is 0 Å². The molecule has 1 N–H and O–H groups in total. The van der Waals surface area contributed by atoms with E-state index in [1.807, 2.05) is 6.26 Å². The van der Waals surface area contributed by atoms with E-state index >= 15 is 0 Å². The van der Waals surface area contributed by atoms with Gasteiger partial charge in [-0.25, -0.2) is 4.98 Å². The number of carboxylic acids is 1. The van der Waals surface area contributed by atoms with Gasteiger partial charge < -0.3 is 10.0 Å². The van der Waals surface area contributed by atoms with Crippen LogP contribution >= 0.6 is 11.8 Å². The molecule has 1 fully saturated rings. The molecule has 6 heteroatoms. The number of aliphatic carboxylic acids is 1. The third kappa shape index (κ3) is 2.58. The second-order valence-electron chi connectivity index (χ2n) is 4.90. The van der Waals surface area contributed by atoms with Crippen LogP contribution in [0.1, 0.15) is 23.7 Å². The molecule has 1 aliphatic rings. The molecule has 1 saturated heterocycles. The van der Waals surface area contributed by atoms with Crippen LogP contribution in [0.15, 0.2) is 23.4 Å². The van der Waals surface area contributed by atoms with E-state index in [9.17, 15) is 14.7 Å². The zero-order valence-corrected chi connectivity index (χ0v) is 11.7. The highest BCUT2D eigenvalue weighted by Crippen LogP contribution is 2.31. The highest BCUT2D eigenvalue weighted by molar-refractivity contribution is 7.98. The predicted octanol–water partition coefficient (Wildman–Crippen LogP) is 1.74. The van der Waals surface area contributed by atoms with Gasteiger partial charge in [0.1, 0.15) is 5.03 Å². The molecule has 1 aliphatic heterocycles. The maximum atomic E-state index is 12.4. The minimum absolute atomic E-state index is 0.137. The van der Waals surface area contributed by atoms with E-state index in [1.165, 1.54) is 11.8 Å². The number of carboxylic acid groups (broad SMARTS) is 1. The molecular formula is C13H16N2O3S. The molecule has 102 valence electrons. The number of rotatable bonds is 3. The lowest BCUT2D eigenvalue weighted by atomic mass is 9.90. The Morgan fingerprint density at radius 1 is 1.53 bits per heavy atom. The topological polar surface area (TPSA) is 70.5 Å². The molecule has 2 heterocycles. The van der Waals surface area contributed by atoms with Gasteiger partial charge in [-0.2, -0.15) is 0 Å². The molecule has 2 rings (SSSR count). The summed E-state index contributed by atoms with van der Waals surface area (Å²) in [4.78, 5) is 29.4. The summed E-state index contributed by atoms with van der Waals surface area (Å²) in [6, 6.07) is 3.46. The summed E-state index contributed by atoms with van der Waals surface area (Å²) in [5, 5.41) is 9.87. The molecule has 1 aromatic rings. The standard InChI is InChI=1S/C13H16N2O3S/c1-13(12(17)18)5-7-15(8-13)11(16)9-4-3-6-14-10(9)19-2/h3-4,6H,5,7-8H2,1-2H3,(H,17,18). The summed E-state index contributed by atoms with van der Waals surface area (Å²) in [5.41, 5.74) is -0.290. The fourth-order valence-electron chi connectivity index (χ4n) is 2.20. The van der Waals surface area contributed by atoms with Gasteiger partial charge in [0.25, 0.3) is 5.91 Å². The largest absolute Gasteiger partial charge is 0.481 e. The maximum absolute atomic E-state index is 12.4. The third-order valence-corrected chi connectivity index (χ3v) is 4.18. The Hall–Kier alpha value is -1.56. The summed E-state index contributed by atoms with van der Waals surface area (Å²) in [5.74, 6) is -0.985. The Labute approximate surface area is 116 Å². The number of carbonyl (C=O) groups excluding carboxylic acids is 1. The van der Waals surface area contributed by atoms with Crippen molar-refractivity contribution in [2.75, 3.05) is 19.3 Å². The molecule has 19 heavy (non-hydrogen) atoms. The lowest BCUT2D eigenvalue weighted by molar-refractivity contribution is -0.147. The highest BCUT2D eigenvalue weighted by atomic mass is 32.2. The van der Waals surface area contributed by atoms with Crippen LogP contribution in [0.3, 0.4) is 0 Å². The number of hydrogen-bond donors (Lipinski definition) is 1. The molecule has 0 aromatic carbocycles. The summed E-state index contributed by atoms with van der Waals surface area (Å²) < 4.78 is 0. The molecule has 0 radical (unpaired) electrons. The van der Waals surface area contributed by atoms with E-state index in [2.05, 4.69) is 4.98 Å². The summed E-state index contributed by atoms with van der Waals surface area (Å²) in [6.07, 6.45) is 4.00. The Bertz CT molecular complexity index is 520. The van der Waals surface area contributed by atoms with Crippen molar-refractivity contribution in [3.63, 3.8) is 0 Å². The van der Waals surface area contributed by atoms with Crippen LogP contribution in [-0.4, -0.2) is 46.2 Å². The van der Waals surface area contributed by atoms with Crippen molar-refractivity contribution in [3.05, 3.63) is 23.9 Å². The first-order chi connectivity index (χ1) is 8.98. The number of nitrogens with zero attached hydrogens (tertiary/aromatic N) is 2. The second-order valence-corrected chi connectivity index (χ2v) is 5.70. The lowest BCUT2D eigenvalue weighted by Gasteiger charge is -2.20. The van der Waals surface area contributed by atoms with Gasteiger partial charge in [0.2, 0.25) is 0 Å². The van der Waals surface area contributed by atoms with Gasteiger partial charge in [-0.3, -0.25) is 9.59 Å². The van der Waals surface area contributed by atoms with Crippen molar-refractivity contribution in [3.8, 4) is 0 Å².